The first-order chi connectivity index (χ1) is 6.47. The molecule has 5 N–H and O–H groups in total. The summed E-state index contributed by atoms with van der Waals surface area (Å²) < 4.78 is 0. The van der Waals surface area contributed by atoms with Gasteiger partial charge < -0.3 is 16.8 Å². The van der Waals surface area contributed by atoms with Crippen molar-refractivity contribution in [3.05, 3.63) is 0 Å². The van der Waals surface area contributed by atoms with Crippen molar-refractivity contribution in [2.24, 2.45) is 11.5 Å². The summed E-state index contributed by atoms with van der Waals surface area (Å²) in [5, 5.41) is 10.8. The maximum Gasteiger partial charge on any atom is 0.237 e. The summed E-state index contributed by atoms with van der Waals surface area (Å²) >= 11 is 0. The van der Waals surface area contributed by atoms with E-state index in [9.17, 15) is 9.59 Å². The molecule has 0 aliphatic rings. The molecule has 2 unspecified atom stereocenters. The van der Waals surface area contributed by atoms with Gasteiger partial charge in [-0.05, 0) is 6.92 Å². The maximum absolute atomic E-state index is 11.2. The highest BCUT2D eigenvalue weighted by molar-refractivity contribution is 5.87. The monoisotopic (exact) mass is 198 g/mol. The van der Waals surface area contributed by atoms with Gasteiger partial charge in [0.1, 0.15) is 0 Å². The van der Waals surface area contributed by atoms with E-state index >= 15 is 0 Å². The van der Waals surface area contributed by atoms with E-state index in [0.29, 0.717) is 0 Å². The third-order valence-corrected chi connectivity index (χ3v) is 1.54. The fraction of sp³-hybridized carbons (Fsp3) is 0.625. The number of carbonyl (C=O) groups is 2. The molecule has 0 bridgehead atoms. The first-order valence-electron chi connectivity index (χ1n) is 4.18. The Kier molecular flexibility index (Phi) is 5.26. The molecular formula is C8H14N4O2. The first-order valence-corrected chi connectivity index (χ1v) is 4.18. The summed E-state index contributed by atoms with van der Waals surface area (Å²) in [5.74, 6) is -1.09. The van der Waals surface area contributed by atoms with Gasteiger partial charge in [-0.1, -0.05) is 0 Å². The van der Waals surface area contributed by atoms with E-state index in [1.54, 1.807) is 6.92 Å². The molecule has 0 radical (unpaired) electrons. The molecule has 2 amide bonds. The molecule has 0 saturated heterocycles. The van der Waals surface area contributed by atoms with E-state index in [2.05, 4.69) is 5.32 Å². The van der Waals surface area contributed by atoms with Crippen LogP contribution in [0.15, 0.2) is 0 Å². The Morgan fingerprint density at radius 2 is 2.14 bits per heavy atom. The highest BCUT2D eigenvalue weighted by Crippen LogP contribution is 1.92. The molecule has 0 aromatic heterocycles. The third-order valence-electron chi connectivity index (χ3n) is 1.54. The second-order valence-electron chi connectivity index (χ2n) is 3.05. The quantitative estimate of drug-likeness (QED) is 0.503. The van der Waals surface area contributed by atoms with E-state index in [1.165, 1.54) is 0 Å². The number of nitrogens with zero attached hydrogens (tertiary/aromatic N) is 1. The lowest BCUT2D eigenvalue weighted by Gasteiger charge is -2.14. The molecule has 78 valence electrons. The van der Waals surface area contributed by atoms with Gasteiger partial charge >= 0.3 is 0 Å². The Labute approximate surface area is 82.2 Å². The molecule has 0 saturated carbocycles. The van der Waals surface area contributed by atoms with Crippen molar-refractivity contribution >= 4 is 11.8 Å². The summed E-state index contributed by atoms with van der Waals surface area (Å²) in [7, 11) is 0. The zero-order valence-corrected chi connectivity index (χ0v) is 7.99. The number of nitriles is 1. The first kappa shape index (κ1) is 12.4. The van der Waals surface area contributed by atoms with Gasteiger partial charge in [0.25, 0.3) is 0 Å². The number of nitrogens with one attached hydrogen (secondary N) is 1. The topological polar surface area (TPSA) is 122 Å². The molecular weight excluding hydrogens is 184 g/mol. The minimum atomic E-state index is -0.936. The fourth-order valence-electron chi connectivity index (χ4n) is 0.847. The van der Waals surface area contributed by atoms with Crippen LogP contribution in [0.4, 0.5) is 0 Å². The molecule has 0 aromatic rings. The van der Waals surface area contributed by atoms with Crippen LogP contribution in [0.2, 0.25) is 0 Å². The molecule has 2 atom stereocenters. The summed E-state index contributed by atoms with van der Waals surface area (Å²) in [6.45, 7) is 1.68. The normalized spacial score (nSPS) is 13.8. The summed E-state index contributed by atoms with van der Waals surface area (Å²) in [6.07, 6.45) is 0.0140. The van der Waals surface area contributed by atoms with Gasteiger partial charge in [-0.2, -0.15) is 5.26 Å². The van der Waals surface area contributed by atoms with Crippen LogP contribution in [0.5, 0.6) is 0 Å². The smallest absolute Gasteiger partial charge is 0.237 e. The number of primary amides is 1. The fourth-order valence-corrected chi connectivity index (χ4v) is 0.847. The van der Waals surface area contributed by atoms with Crippen molar-refractivity contribution < 1.29 is 9.59 Å². The minimum absolute atomic E-state index is 0.189. The summed E-state index contributed by atoms with van der Waals surface area (Å²) in [6, 6.07) is 0.697. The average molecular weight is 198 g/mol. The van der Waals surface area contributed by atoms with Crippen molar-refractivity contribution in [2.45, 2.75) is 31.8 Å². The van der Waals surface area contributed by atoms with Crippen LogP contribution < -0.4 is 16.8 Å². The Bertz CT molecular complexity index is 259. The van der Waals surface area contributed by atoms with Crippen molar-refractivity contribution in [1.82, 2.24) is 5.32 Å². The number of hydrogen-bond acceptors (Lipinski definition) is 4. The summed E-state index contributed by atoms with van der Waals surface area (Å²) in [5.41, 5.74) is 10.2. The number of rotatable bonds is 5. The number of hydrogen-bond donors (Lipinski definition) is 3. The predicted octanol–water partition coefficient (Wildman–Crippen LogP) is -1.39. The zero-order valence-electron chi connectivity index (χ0n) is 7.99. The van der Waals surface area contributed by atoms with Gasteiger partial charge in [-0.15, -0.1) is 0 Å². The lowest BCUT2D eigenvalue weighted by molar-refractivity contribution is -0.126. The molecule has 6 heteroatoms. The van der Waals surface area contributed by atoms with E-state index in [4.69, 9.17) is 16.7 Å². The van der Waals surface area contributed by atoms with Crippen LogP contribution in [0.1, 0.15) is 19.8 Å². The Balaban J connectivity index is 3.96. The van der Waals surface area contributed by atoms with Crippen molar-refractivity contribution in [1.29, 1.82) is 5.26 Å². The summed E-state index contributed by atoms with van der Waals surface area (Å²) in [4.78, 5) is 21.6. The Morgan fingerprint density at radius 1 is 1.57 bits per heavy atom. The molecule has 14 heavy (non-hydrogen) atoms. The molecule has 0 heterocycles. The molecule has 0 aromatic carbocycles. The van der Waals surface area contributed by atoms with E-state index in [-0.39, 0.29) is 18.9 Å². The highest BCUT2D eigenvalue weighted by Gasteiger charge is 2.17. The lowest BCUT2D eigenvalue weighted by Crippen LogP contribution is -2.46. The zero-order chi connectivity index (χ0) is 11.1. The molecule has 0 fully saturated rings. The van der Waals surface area contributed by atoms with E-state index in [0.717, 1.165) is 0 Å². The molecule has 6 nitrogen and oxygen atoms in total. The second kappa shape index (κ2) is 5.94. The second-order valence-corrected chi connectivity index (χ2v) is 3.05. The van der Waals surface area contributed by atoms with Gasteiger partial charge in [-0.3, -0.25) is 9.59 Å². The predicted molar refractivity (Wildman–Crippen MR) is 49.6 cm³/mol. The Morgan fingerprint density at radius 3 is 2.57 bits per heavy atom. The van der Waals surface area contributed by atoms with Crippen LogP contribution in [-0.4, -0.2) is 23.9 Å². The third kappa shape index (κ3) is 5.11. The number of nitrogens with two attached hydrogens (primary N) is 2. The lowest BCUT2D eigenvalue weighted by atomic mass is 10.1. The Hall–Kier alpha value is -1.61. The molecule has 0 spiro atoms. The largest absolute Gasteiger partial charge is 0.370 e. The maximum atomic E-state index is 11.2. The van der Waals surface area contributed by atoms with E-state index in [1.807, 2.05) is 6.07 Å². The van der Waals surface area contributed by atoms with Crippen LogP contribution >= 0.6 is 0 Å². The standard InChI is InChI=1S/C8H14N4O2/c1-5(2-3-9)12-8(14)6(10)4-7(11)13/h5-6H,2,4,10H2,1H3,(H2,11,13)(H,12,14). The van der Waals surface area contributed by atoms with E-state index < -0.39 is 17.9 Å². The highest BCUT2D eigenvalue weighted by atomic mass is 16.2. The van der Waals surface area contributed by atoms with Gasteiger partial charge in [-0.25, -0.2) is 0 Å². The SMILES string of the molecule is CC(CC#N)NC(=O)C(N)CC(N)=O. The van der Waals surface area contributed by atoms with Crippen LogP contribution in [0.3, 0.4) is 0 Å². The molecule has 0 aliphatic heterocycles. The minimum Gasteiger partial charge on any atom is -0.370 e. The van der Waals surface area contributed by atoms with Gasteiger partial charge in [0.05, 0.1) is 25.0 Å². The average Bonchev–Trinajstić information content (AvgIpc) is 2.02. The van der Waals surface area contributed by atoms with Crippen molar-refractivity contribution in [3.63, 3.8) is 0 Å². The molecule has 0 aliphatic carbocycles. The number of carbonyl (C=O) groups excluding carboxylic acids is 2. The number of amides is 2. The van der Waals surface area contributed by atoms with Crippen LogP contribution in [0, 0.1) is 11.3 Å². The molecule has 0 rings (SSSR count). The van der Waals surface area contributed by atoms with Crippen molar-refractivity contribution in [3.8, 4) is 6.07 Å². The van der Waals surface area contributed by atoms with Gasteiger partial charge in [0, 0.05) is 6.04 Å². The van der Waals surface area contributed by atoms with Gasteiger partial charge in [0.15, 0.2) is 0 Å². The van der Waals surface area contributed by atoms with Gasteiger partial charge in [0.2, 0.25) is 11.8 Å². The van der Waals surface area contributed by atoms with Crippen molar-refractivity contribution in [2.75, 3.05) is 0 Å². The van der Waals surface area contributed by atoms with Crippen LogP contribution in [-0.2, 0) is 9.59 Å². The van der Waals surface area contributed by atoms with Crippen LogP contribution in [0.25, 0.3) is 0 Å².